The molecule has 30 heavy (non-hydrogen) atoms. The Labute approximate surface area is 186 Å². The van der Waals surface area contributed by atoms with E-state index in [4.69, 9.17) is 23.2 Å². The van der Waals surface area contributed by atoms with Crippen molar-refractivity contribution in [3.63, 3.8) is 0 Å². The summed E-state index contributed by atoms with van der Waals surface area (Å²) in [6.45, 7) is 0.709. The highest BCUT2D eigenvalue weighted by molar-refractivity contribution is 6.35. The second-order valence-corrected chi connectivity index (χ2v) is 8.49. The van der Waals surface area contributed by atoms with Gasteiger partial charge in [-0.1, -0.05) is 90.3 Å². The van der Waals surface area contributed by atoms with Crippen molar-refractivity contribution in [1.29, 1.82) is 0 Å². The molecule has 3 aromatic carbocycles. The third-order valence-corrected chi connectivity index (χ3v) is 6.31. The molecule has 3 nitrogen and oxygen atoms in total. The van der Waals surface area contributed by atoms with E-state index in [2.05, 4.69) is 41.3 Å². The van der Waals surface area contributed by atoms with Crippen molar-refractivity contribution in [3.8, 4) is 11.1 Å². The predicted molar refractivity (Wildman–Crippen MR) is 122 cm³/mol. The second-order valence-electron chi connectivity index (χ2n) is 7.64. The summed E-state index contributed by atoms with van der Waals surface area (Å²) in [5.41, 5.74) is 4.16. The van der Waals surface area contributed by atoms with Crippen LogP contribution in [0, 0.1) is 0 Å². The van der Waals surface area contributed by atoms with Crippen molar-refractivity contribution in [1.82, 2.24) is 4.90 Å². The molecule has 0 spiro atoms. The molecule has 0 amide bonds. The number of rotatable bonds is 5. The highest BCUT2D eigenvalue weighted by atomic mass is 35.5. The maximum absolute atomic E-state index is 12.0. The van der Waals surface area contributed by atoms with Gasteiger partial charge in [0.1, 0.15) is 6.04 Å². The van der Waals surface area contributed by atoms with Gasteiger partial charge in [-0.25, -0.2) is 0 Å². The van der Waals surface area contributed by atoms with E-state index < -0.39 is 12.0 Å². The maximum atomic E-state index is 12.0. The summed E-state index contributed by atoms with van der Waals surface area (Å²) in [4.78, 5) is 14.1. The molecule has 154 valence electrons. The van der Waals surface area contributed by atoms with Gasteiger partial charge in [-0.2, -0.15) is 0 Å². The largest absolute Gasteiger partial charge is 0.480 e. The first-order chi connectivity index (χ1) is 14.5. The monoisotopic (exact) mass is 439 g/mol. The number of carboxylic acid groups (broad SMARTS) is 1. The van der Waals surface area contributed by atoms with Gasteiger partial charge in [0.2, 0.25) is 0 Å². The molecule has 1 aliphatic heterocycles. The molecule has 3 aromatic rings. The molecule has 0 saturated carbocycles. The van der Waals surface area contributed by atoms with E-state index >= 15 is 0 Å². The molecular weight excluding hydrogens is 417 g/mol. The fourth-order valence-electron chi connectivity index (χ4n) is 4.29. The number of benzene rings is 3. The van der Waals surface area contributed by atoms with Gasteiger partial charge in [-0.3, -0.25) is 9.69 Å². The minimum absolute atomic E-state index is 0.249. The normalized spacial score (nSPS) is 18.1. The summed E-state index contributed by atoms with van der Waals surface area (Å²) in [5.74, 6) is -0.786. The Balaban J connectivity index is 1.78. The zero-order valence-corrected chi connectivity index (χ0v) is 18.0. The Morgan fingerprint density at radius 1 is 0.933 bits per heavy atom. The molecule has 1 saturated heterocycles. The van der Waals surface area contributed by atoms with Gasteiger partial charge in [0, 0.05) is 10.0 Å². The van der Waals surface area contributed by atoms with Crippen molar-refractivity contribution >= 4 is 29.2 Å². The molecule has 4 rings (SSSR count). The molecule has 0 aliphatic carbocycles. The molecule has 0 aromatic heterocycles. The van der Waals surface area contributed by atoms with Crippen LogP contribution in [0.15, 0.2) is 72.8 Å². The number of aliphatic carboxylic acids is 1. The van der Waals surface area contributed by atoms with Crippen molar-refractivity contribution in [2.75, 3.05) is 6.54 Å². The predicted octanol–water partition coefficient (Wildman–Crippen LogP) is 6.69. The summed E-state index contributed by atoms with van der Waals surface area (Å²) in [6, 6.07) is 23.2. The van der Waals surface area contributed by atoms with Gasteiger partial charge in [0.25, 0.3) is 0 Å². The highest BCUT2D eigenvalue weighted by Crippen LogP contribution is 2.38. The van der Waals surface area contributed by atoms with Gasteiger partial charge in [0.05, 0.1) is 6.04 Å². The summed E-state index contributed by atoms with van der Waals surface area (Å²) < 4.78 is 0. The van der Waals surface area contributed by atoms with Crippen LogP contribution in [0.5, 0.6) is 0 Å². The first kappa shape index (κ1) is 20.9. The minimum atomic E-state index is -0.786. The van der Waals surface area contributed by atoms with Crippen molar-refractivity contribution < 1.29 is 9.90 Å². The lowest BCUT2D eigenvalue weighted by atomic mass is 9.90. The Morgan fingerprint density at radius 3 is 2.30 bits per heavy atom. The molecule has 1 fully saturated rings. The number of piperidine rings is 1. The SMILES string of the molecule is O=C(O)C1CCCCN1C(c1ccc(-c2ccccc2)cc1)c1ccc(Cl)cc1Cl. The lowest BCUT2D eigenvalue weighted by Gasteiger charge is -2.40. The van der Waals surface area contributed by atoms with Crippen LogP contribution in [0.25, 0.3) is 11.1 Å². The number of nitrogens with zero attached hydrogens (tertiary/aromatic N) is 1. The van der Waals surface area contributed by atoms with Gasteiger partial charge in [-0.05, 0) is 53.8 Å². The number of halogens is 2. The number of hydrogen-bond donors (Lipinski definition) is 1. The van der Waals surface area contributed by atoms with Crippen LogP contribution in [0.2, 0.25) is 10.0 Å². The number of likely N-dealkylation sites (tertiary alicyclic amines) is 1. The van der Waals surface area contributed by atoms with Crippen LogP contribution in [0.1, 0.15) is 36.4 Å². The molecule has 1 N–H and O–H groups in total. The Kier molecular flexibility index (Phi) is 6.43. The van der Waals surface area contributed by atoms with E-state index in [1.165, 1.54) is 0 Å². The number of carbonyl (C=O) groups is 1. The standard InChI is InChI=1S/C25H23Cl2NO2/c26-20-13-14-21(22(27)16-20)24(28-15-5-4-8-23(28)25(29)30)19-11-9-18(10-12-19)17-6-2-1-3-7-17/h1-3,6-7,9-14,16,23-24H,4-5,8,15H2,(H,29,30). The zero-order chi connectivity index (χ0) is 21.1. The lowest BCUT2D eigenvalue weighted by Crippen LogP contribution is -2.46. The van der Waals surface area contributed by atoms with E-state index in [9.17, 15) is 9.90 Å². The fourth-order valence-corrected chi connectivity index (χ4v) is 4.80. The van der Waals surface area contributed by atoms with Gasteiger partial charge in [0.15, 0.2) is 0 Å². The van der Waals surface area contributed by atoms with Crippen molar-refractivity contribution in [2.24, 2.45) is 0 Å². The van der Waals surface area contributed by atoms with Gasteiger partial charge < -0.3 is 5.11 Å². The highest BCUT2D eigenvalue weighted by Gasteiger charge is 2.35. The van der Waals surface area contributed by atoms with Gasteiger partial charge in [-0.15, -0.1) is 0 Å². The third-order valence-electron chi connectivity index (χ3n) is 5.75. The van der Waals surface area contributed by atoms with Crippen LogP contribution in [-0.2, 0) is 4.79 Å². The molecule has 2 unspecified atom stereocenters. The molecule has 1 aliphatic rings. The van der Waals surface area contributed by atoms with E-state index in [1.807, 2.05) is 30.3 Å². The van der Waals surface area contributed by atoms with Crippen LogP contribution < -0.4 is 0 Å². The Bertz CT molecular complexity index is 1020. The van der Waals surface area contributed by atoms with Crippen LogP contribution in [0.4, 0.5) is 0 Å². The minimum Gasteiger partial charge on any atom is -0.480 e. The number of carboxylic acids is 1. The Morgan fingerprint density at radius 2 is 1.63 bits per heavy atom. The van der Waals surface area contributed by atoms with E-state index in [1.54, 1.807) is 6.07 Å². The quantitative estimate of drug-likeness (QED) is 0.481. The summed E-state index contributed by atoms with van der Waals surface area (Å²) in [6.07, 6.45) is 2.52. The van der Waals surface area contributed by atoms with Crippen molar-refractivity contribution in [3.05, 3.63) is 94.0 Å². The van der Waals surface area contributed by atoms with Crippen molar-refractivity contribution in [2.45, 2.75) is 31.3 Å². The fraction of sp³-hybridized carbons (Fsp3) is 0.240. The summed E-state index contributed by atoms with van der Waals surface area (Å²) in [5, 5.41) is 11.0. The lowest BCUT2D eigenvalue weighted by molar-refractivity contribution is -0.145. The molecule has 5 heteroatoms. The molecule has 0 radical (unpaired) electrons. The molecular formula is C25H23Cl2NO2. The molecule has 0 bridgehead atoms. The zero-order valence-electron chi connectivity index (χ0n) is 16.5. The second kappa shape index (κ2) is 9.22. The first-order valence-corrected chi connectivity index (χ1v) is 10.9. The summed E-state index contributed by atoms with van der Waals surface area (Å²) >= 11 is 12.7. The third kappa shape index (κ3) is 4.39. The number of hydrogen-bond acceptors (Lipinski definition) is 2. The topological polar surface area (TPSA) is 40.5 Å². The van der Waals surface area contributed by atoms with E-state index in [0.717, 1.165) is 35.1 Å². The average molecular weight is 440 g/mol. The first-order valence-electron chi connectivity index (χ1n) is 10.1. The smallest absolute Gasteiger partial charge is 0.320 e. The van der Waals surface area contributed by atoms with Crippen LogP contribution in [0.3, 0.4) is 0 Å². The summed E-state index contributed by atoms with van der Waals surface area (Å²) in [7, 11) is 0. The van der Waals surface area contributed by atoms with Crippen LogP contribution >= 0.6 is 23.2 Å². The van der Waals surface area contributed by atoms with E-state index in [0.29, 0.717) is 23.0 Å². The van der Waals surface area contributed by atoms with Crippen LogP contribution in [-0.4, -0.2) is 28.6 Å². The Hall–Kier alpha value is -2.33. The maximum Gasteiger partial charge on any atom is 0.320 e. The molecule has 1 heterocycles. The van der Waals surface area contributed by atoms with E-state index in [-0.39, 0.29) is 6.04 Å². The van der Waals surface area contributed by atoms with Gasteiger partial charge >= 0.3 is 5.97 Å². The average Bonchev–Trinajstić information content (AvgIpc) is 2.77. The molecule has 2 atom stereocenters.